The number of thioether (sulfide) groups is 1. The first-order valence-electron chi connectivity index (χ1n) is 6.33. The highest BCUT2D eigenvalue weighted by atomic mass is 79.9. The van der Waals surface area contributed by atoms with Gasteiger partial charge in [-0.15, -0.1) is 11.8 Å². The Morgan fingerprint density at radius 2 is 2.20 bits per heavy atom. The smallest absolute Gasteiger partial charge is 0.243 e. The Bertz CT molecular complexity index is 575. The quantitative estimate of drug-likeness (QED) is 0.821. The molecule has 0 bridgehead atoms. The first kappa shape index (κ1) is 14.1. The number of halogens is 1. The zero-order chi connectivity index (χ0) is 13.9. The van der Waals surface area contributed by atoms with E-state index in [1.807, 2.05) is 24.3 Å². The van der Waals surface area contributed by atoms with Crippen molar-refractivity contribution in [3.8, 4) is 0 Å². The first-order valence-corrected chi connectivity index (χ1v) is 8.11. The number of aliphatic hydroxyl groups is 1. The molecule has 1 aliphatic rings. The van der Waals surface area contributed by atoms with Crippen molar-refractivity contribution in [1.29, 1.82) is 0 Å². The third kappa shape index (κ3) is 3.41. The van der Waals surface area contributed by atoms with Crippen molar-refractivity contribution in [3.63, 3.8) is 0 Å². The normalized spacial score (nSPS) is 22.3. The van der Waals surface area contributed by atoms with Gasteiger partial charge in [0.1, 0.15) is 0 Å². The van der Waals surface area contributed by atoms with Gasteiger partial charge in [0.2, 0.25) is 5.89 Å². The predicted molar refractivity (Wildman–Crippen MR) is 79.4 cm³/mol. The van der Waals surface area contributed by atoms with E-state index in [1.165, 1.54) is 0 Å². The van der Waals surface area contributed by atoms with Gasteiger partial charge in [0.05, 0.1) is 17.9 Å². The summed E-state index contributed by atoms with van der Waals surface area (Å²) in [6.07, 6.45) is 0.300. The van der Waals surface area contributed by atoms with E-state index in [2.05, 4.69) is 31.4 Å². The molecule has 0 amide bonds. The molecule has 7 heteroatoms. The Kier molecular flexibility index (Phi) is 4.40. The second-order valence-electron chi connectivity index (χ2n) is 4.64. The standard InChI is InChI=1S/C13H14BrN3O2S/c14-8-1-3-10(4-2-8)20-7-12-16-13(19-17-12)11-5-9(18)6-15-11/h1-4,9,11,15,18H,5-7H2/t9-,11+/m1/s1. The summed E-state index contributed by atoms with van der Waals surface area (Å²) >= 11 is 5.07. The molecule has 1 aromatic carbocycles. The van der Waals surface area contributed by atoms with Crippen LogP contribution in [-0.4, -0.2) is 27.9 Å². The van der Waals surface area contributed by atoms with Crippen LogP contribution in [0, 0.1) is 0 Å². The number of hydrogen-bond donors (Lipinski definition) is 2. The minimum Gasteiger partial charge on any atom is -0.392 e. The number of benzene rings is 1. The second kappa shape index (κ2) is 6.26. The van der Waals surface area contributed by atoms with E-state index in [0.717, 1.165) is 9.37 Å². The van der Waals surface area contributed by atoms with Crippen molar-refractivity contribution >= 4 is 27.7 Å². The fourth-order valence-corrected chi connectivity index (χ4v) is 3.06. The molecule has 2 N–H and O–H groups in total. The Labute approximate surface area is 129 Å². The van der Waals surface area contributed by atoms with Crippen LogP contribution in [-0.2, 0) is 5.75 Å². The van der Waals surface area contributed by atoms with Crippen molar-refractivity contribution < 1.29 is 9.63 Å². The molecule has 5 nitrogen and oxygen atoms in total. The number of aromatic nitrogens is 2. The summed E-state index contributed by atoms with van der Waals surface area (Å²) in [4.78, 5) is 5.54. The van der Waals surface area contributed by atoms with Crippen LogP contribution in [0.5, 0.6) is 0 Å². The minimum absolute atomic E-state index is 0.0241. The van der Waals surface area contributed by atoms with Crippen LogP contribution in [0.3, 0.4) is 0 Å². The molecule has 3 rings (SSSR count). The molecule has 20 heavy (non-hydrogen) atoms. The van der Waals surface area contributed by atoms with Crippen LogP contribution in [0.2, 0.25) is 0 Å². The van der Waals surface area contributed by atoms with Crippen LogP contribution >= 0.6 is 27.7 Å². The van der Waals surface area contributed by atoms with Crippen molar-refractivity contribution in [2.24, 2.45) is 0 Å². The summed E-state index contributed by atoms with van der Waals surface area (Å²) in [6.45, 7) is 0.579. The first-order chi connectivity index (χ1) is 9.70. The predicted octanol–water partition coefficient (Wildman–Crippen LogP) is 2.52. The molecule has 0 aliphatic carbocycles. The second-order valence-corrected chi connectivity index (χ2v) is 6.61. The number of β-amino-alcohol motifs (C(OH)–C–C–N with tert-alkyl or cyclic N) is 1. The summed E-state index contributed by atoms with van der Waals surface area (Å²) < 4.78 is 6.31. The molecule has 2 atom stereocenters. The van der Waals surface area contributed by atoms with E-state index in [-0.39, 0.29) is 12.1 Å². The monoisotopic (exact) mass is 355 g/mol. The molecule has 0 spiro atoms. The Morgan fingerprint density at radius 3 is 2.90 bits per heavy atom. The summed E-state index contributed by atoms with van der Waals surface area (Å²) in [6, 6.07) is 8.08. The van der Waals surface area contributed by atoms with Crippen LogP contribution in [0.25, 0.3) is 0 Å². The molecule has 0 saturated carbocycles. The van der Waals surface area contributed by atoms with E-state index in [4.69, 9.17) is 4.52 Å². The largest absolute Gasteiger partial charge is 0.392 e. The maximum absolute atomic E-state index is 9.48. The average molecular weight is 356 g/mol. The topological polar surface area (TPSA) is 71.2 Å². The Hall–Kier alpha value is -0.890. The van der Waals surface area contributed by atoms with Gasteiger partial charge in [0, 0.05) is 15.9 Å². The van der Waals surface area contributed by atoms with Gasteiger partial charge in [0.25, 0.3) is 0 Å². The van der Waals surface area contributed by atoms with Gasteiger partial charge < -0.3 is 14.9 Å². The summed E-state index contributed by atoms with van der Waals surface area (Å²) in [5.74, 6) is 1.91. The lowest BCUT2D eigenvalue weighted by molar-refractivity contribution is 0.191. The Morgan fingerprint density at radius 1 is 1.40 bits per heavy atom. The highest BCUT2D eigenvalue weighted by Gasteiger charge is 2.27. The molecular weight excluding hydrogens is 342 g/mol. The number of nitrogens with one attached hydrogen (secondary N) is 1. The van der Waals surface area contributed by atoms with Crippen molar-refractivity contribution in [3.05, 3.63) is 40.5 Å². The lowest BCUT2D eigenvalue weighted by Crippen LogP contribution is -2.15. The van der Waals surface area contributed by atoms with Gasteiger partial charge in [-0.2, -0.15) is 4.98 Å². The van der Waals surface area contributed by atoms with Crippen molar-refractivity contribution in [2.45, 2.75) is 29.2 Å². The highest BCUT2D eigenvalue weighted by molar-refractivity contribution is 9.10. The number of rotatable bonds is 4. The average Bonchev–Trinajstić information content (AvgIpc) is 3.07. The third-order valence-corrected chi connectivity index (χ3v) is 4.61. The lowest BCUT2D eigenvalue weighted by atomic mass is 10.2. The highest BCUT2D eigenvalue weighted by Crippen LogP contribution is 2.25. The van der Waals surface area contributed by atoms with Crippen LogP contribution in [0.15, 0.2) is 38.2 Å². The van der Waals surface area contributed by atoms with E-state index >= 15 is 0 Å². The van der Waals surface area contributed by atoms with Gasteiger partial charge >= 0.3 is 0 Å². The molecule has 106 valence electrons. The molecule has 1 saturated heterocycles. The molecule has 2 aromatic rings. The van der Waals surface area contributed by atoms with Crippen LogP contribution in [0.4, 0.5) is 0 Å². The zero-order valence-corrected chi connectivity index (χ0v) is 13.0. The summed E-state index contributed by atoms with van der Waals surface area (Å²) in [7, 11) is 0. The van der Waals surface area contributed by atoms with E-state index in [0.29, 0.717) is 30.4 Å². The van der Waals surface area contributed by atoms with Gasteiger partial charge in [0.15, 0.2) is 5.82 Å². The Balaban J connectivity index is 1.58. The fraction of sp³-hybridized carbons (Fsp3) is 0.385. The third-order valence-electron chi connectivity index (χ3n) is 3.07. The molecule has 1 aliphatic heterocycles. The maximum Gasteiger partial charge on any atom is 0.243 e. The van der Waals surface area contributed by atoms with Crippen LogP contribution < -0.4 is 5.32 Å². The number of nitrogens with zero attached hydrogens (tertiary/aromatic N) is 2. The summed E-state index contributed by atoms with van der Waals surface area (Å²) in [5, 5.41) is 16.6. The molecular formula is C13H14BrN3O2S. The fourth-order valence-electron chi connectivity index (χ4n) is 2.05. The van der Waals surface area contributed by atoms with Crippen LogP contribution in [0.1, 0.15) is 24.2 Å². The molecule has 0 unspecified atom stereocenters. The zero-order valence-electron chi connectivity index (χ0n) is 10.6. The lowest BCUT2D eigenvalue weighted by Gasteiger charge is -2.01. The molecule has 2 heterocycles. The van der Waals surface area contributed by atoms with Gasteiger partial charge in [-0.25, -0.2) is 0 Å². The SMILES string of the molecule is O[C@H]1CN[C@H](c2nc(CSc3ccc(Br)cc3)no2)C1. The van der Waals surface area contributed by atoms with E-state index in [9.17, 15) is 5.11 Å². The number of aliphatic hydroxyl groups excluding tert-OH is 1. The maximum atomic E-state index is 9.48. The van der Waals surface area contributed by atoms with E-state index in [1.54, 1.807) is 11.8 Å². The van der Waals surface area contributed by atoms with Crippen molar-refractivity contribution in [1.82, 2.24) is 15.5 Å². The molecule has 0 radical (unpaired) electrons. The minimum atomic E-state index is -0.326. The van der Waals surface area contributed by atoms with E-state index < -0.39 is 0 Å². The van der Waals surface area contributed by atoms with Gasteiger partial charge in [-0.3, -0.25) is 0 Å². The van der Waals surface area contributed by atoms with Gasteiger partial charge in [-0.05, 0) is 30.7 Å². The number of hydrogen-bond acceptors (Lipinski definition) is 6. The summed E-state index contributed by atoms with van der Waals surface area (Å²) in [5.41, 5.74) is 0. The molecule has 1 fully saturated rings. The van der Waals surface area contributed by atoms with Gasteiger partial charge in [-0.1, -0.05) is 21.1 Å². The molecule has 1 aromatic heterocycles. The van der Waals surface area contributed by atoms with Crippen molar-refractivity contribution in [2.75, 3.05) is 6.54 Å².